The molecule has 0 aromatic heterocycles. The molecule has 22 heavy (non-hydrogen) atoms. The van der Waals surface area contributed by atoms with Gasteiger partial charge in [0.05, 0.1) is 0 Å². The average Bonchev–Trinajstić information content (AvgIpc) is 2.44. The Labute approximate surface area is 127 Å². The maximum Gasteiger partial charge on any atom is 0.408 e. The summed E-state index contributed by atoms with van der Waals surface area (Å²) in [6.07, 6.45) is -2.95. The summed E-state index contributed by atoms with van der Waals surface area (Å²) < 4.78 is 37.7. The van der Waals surface area contributed by atoms with Gasteiger partial charge in [-0.2, -0.15) is 13.2 Å². The van der Waals surface area contributed by atoms with Crippen LogP contribution in [0.5, 0.6) is 0 Å². The van der Waals surface area contributed by atoms with Crippen molar-refractivity contribution < 1.29 is 22.8 Å². The van der Waals surface area contributed by atoms with Gasteiger partial charge in [0, 0.05) is 6.54 Å². The molecule has 5 nitrogen and oxygen atoms in total. The van der Waals surface area contributed by atoms with Crippen LogP contribution in [0.3, 0.4) is 0 Å². The Kier molecular flexibility index (Phi) is 4.99. The van der Waals surface area contributed by atoms with Gasteiger partial charge in [-0.25, -0.2) is 0 Å². The Bertz CT molecular complexity index is 434. The second kappa shape index (κ2) is 6.44. The Morgan fingerprint density at radius 1 is 1.32 bits per heavy atom. The molecule has 2 heterocycles. The highest BCUT2D eigenvalue weighted by Gasteiger charge is 2.46. The summed E-state index contributed by atoms with van der Waals surface area (Å²) in [7, 11) is 0. The second-order valence-corrected chi connectivity index (χ2v) is 6.51. The molecule has 2 unspecified atom stereocenters. The lowest BCUT2D eigenvalue weighted by atomic mass is 9.81. The molecule has 8 heteroatoms. The van der Waals surface area contributed by atoms with Crippen LogP contribution in [0.1, 0.15) is 32.6 Å². The third-order valence-corrected chi connectivity index (χ3v) is 4.59. The number of alkyl halides is 3. The third kappa shape index (κ3) is 4.12. The van der Waals surface area contributed by atoms with Crippen molar-refractivity contribution >= 4 is 11.8 Å². The van der Waals surface area contributed by atoms with Crippen molar-refractivity contribution in [2.24, 2.45) is 11.3 Å². The molecule has 2 saturated heterocycles. The number of rotatable bonds is 3. The maximum absolute atomic E-state index is 12.6. The first kappa shape index (κ1) is 17.1. The summed E-state index contributed by atoms with van der Waals surface area (Å²) in [6, 6.07) is -1.84. The molecular weight excluding hydrogens is 299 g/mol. The molecule has 0 aromatic carbocycles. The number of amides is 2. The SMILES string of the molecule is CC1(CNC(=O)C2CCC(C(F)(F)F)NC2=O)CCNCC1. The minimum atomic E-state index is -4.46. The van der Waals surface area contributed by atoms with Crippen LogP contribution in [-0.4, -0.2) is 43.7 Å². The number of hydrogen-bond acceptors (Lipinski definition) is 3. The predicted molar refractivity (Wildman–Crippen MR) is 73.9 cm³/mol. The molecule has 0 saturated carbocycles. The van der Waals surface area contributed by atoms with E-state index < -0.39 is 30.0 Å². The van der Waals surface area contributed by atoms with Crippen molar-refractivity contribution in [2.75, 3.05) is 19.6 Å². The summed E-state index contributed by atoms with van der Waals surface area (Å²) in [5, 5.41) is 7.87. The fourth-order valence-electron chi connectivity index (χ4n) is 2.94. The standard InChI is InChI=1S/C14H22F3N3O2/c1-13(4-6-18-7-5-13)8-19-11(21)9-2-3-10(14(15,16)17)20-12(9)22/h9-10,18H,2-8H2,1H3,(H,19,21)(H,20,22). The van der Waals surface area contributed by atoms with E-state index >= 15 is 0 Å². The van der Waals surface area contributed by atoms with Crippen molar-refractivity contribution in [2.45, 2.75) is 44.8 Å². The van der Waals surface area contributed by atoms with Gasteiger partial charge in [0.25, 0.3) is 0 Å². The van der Waals surface area contributed by atoms with Crippen molar-refractivity contribution in [3.8, 4) is 0 Å². The zero-order valence-electron chi connectivity index (χ0n) is 12.6. The largest absolute Gasteiger partial charge is 0.408 e. The van der Waals surface area contributed by atoms with Crippen LogP contribution in [0.25, 0.3) is 0 Å². The normalized spacial score (nSPS) is 28.8. The number of halogens is 3. The summed E-state index contributed by atoms with van der Waals surface area (Å²) in [6.45, 7) is 4.27. The van der Waals surface area contributed by atoms with Gasteiger partial charge in [0.15, 0.2) is 0 Å². The lowest BCUT2D eigenvalue weighted by molar-refractivity contribution is -0.171. The van der Waals surface area contributed by atoms with Gasteiger partial charge in [-0.3, -0.25) is 9.59 Å². The molecule has 2 rings (SSSR count). The van der Waals surface area contributed by atoms with Gasteiger partial charge in [0.1, 0.15) is 12.0 Å². The van der Waals surface area contributed by atoms with Crippen LogP contribution >= 0.6 is 0 Å². The molecule has 0 radical (unpaired) electrons. The molecule has 126 valence electrons. The van der Waals surface area contributed by atoms with E-state index in [9.17, 15) is 22.8 Å². The summed E-state index contributed by atoms with van der Waals surface area (Å²) in [4.78, 5) is 23.8. The highest BCUT2D eigenvalue weighted by Crippen LogP contribution is 2.29. The fraction of sp³-hybridized carbons (Fsp3) is 0.857. The Morgan fingerprint density at radius 2 is 1.95 bits per heavy atom. The quantitative estimate of drug-likeness (QED) is 0.678. The van der Waals surface area contributed by atoms with Gasteiger partial charge in [-0.05, 0) is 44.2 Å². The van der Waals surface area contributed by atoms with Crippen LogP contribution in [-0.2, 0) is 9.59 Å². The van der Waals surface area contributed by atoms with Crippen molar-refractivity contribution in [3.63, 3.8) is 0 Å². The van der Waals surface area contributed by atoms with E-state index in [2.05, 4.69) is 17.6 Å². The van der Waals surface area contributed by atoms with Gasteiger partial charge < -0.3 is 16.0 Å². The van der Waals surface area contributed by atoms with E-state index in [-0.39, 0.29) is 18.3 Å². The molecule has 2 fully saturated rings. The van der Waals surface area contributed by atoms with Crippen LogP contribution in [0.15, 0.2) is 0 Å². The zero-order chi connectivity index (χ0) is 16.4. The third-order valence-electron chi connectivity index (χ3n) is 4.59. The summed E-state index contributed by atoms with van der Waals surface area (Å²) in [5.41, 5.74) is -0.0272. The number of hydrogen-bond donors (Lipinski definition) is 3. The number of carbonyl (C=O) groups excluding carboxylic acids is 2. The number of carbonyl (C=O) groups is 2. The Morgan fingerprint density at radius 3 is 2.50 bits per heavy atom. The van der Waals surface area contributed by atoms with E-state index in [0.717, 1.165) is 25.9 Å². The van der Waals surface area contributed by atoms with Crippen molar-refractivity contribution in [1.29, 1.82) is 0 Å². The highest BCUT2D eigenvalue weighted by molar-refractivity contribution is 6.00. The van der Waals surface area contributed by atoms with Crippen LogP contribution in [0.4, 0.5) is 13.2 Å². The predicted octanol–water partition coefficient (Wildman–Crippen LogP) is 0.949. The van der Waals surface area contributed by atoms with E-state index in [1.807, 2.05) is 5.32 Å². The lowest BCUT2D eigenvalue weighted by Crippen LogP contribution is -2.55. The minimum Gasteiger partial charge on any atom is -0.355 e. The molecule has 0 bridgehead atoms. The van der Waals surface area contributed by atoms with E-state index in [1.165, 1.54) is 0 Å². The molecule has 0 aliphatic carbocycles. The number of piperidine rings is 2. The first-order valence-electron chi connectivity index (χ1n) is 7.57. The minimum absolute atomic E-state index is 0.0272. The van der Waals surface area contributed by atoms with Gasteiger partial charge >= 0.3 is 6.18 Å². The van der Waals surface area contributed by atoms with Crippen LogP contribution in [0.2, 0.25) is 0 Å². The Balaban J connectivity index is 1.84. The smallest absolute Gasteiger partial charge is 0.355 e. The zero-order valence-corrected chi connectivity index (χ0v) is 12.6. The van der Waals surface area contributed by atoms with Gasteiger partial charge in [0.2, 0.25) is 11.8 Å². The highest BCUT2D eigenvalue weighted by atomic mass is 19.4. The van der Waals surface area contributed by atoms with Gasteiger partial charge in [-0.1, -0.05) is 6.92 Å². The first-order valence-corrected chi connectivity index (χ1v) is 7.57. The summed E-state index contributed by atoms with van der Waals surface area (Å²) in [5.74, 6) is -2.33. The maximum atomic E-state index is 12.6. The summed E-state index contributed by atoms with van der Waals surface area (Å²) >= 11 is 0. The van der Waals surface area contributed by atoms with E-state index in [0.29, 0.717) is 6.54 Å². The molecule has 3 N–H and O–H groups in total. The lowest BCUT2D eigenvalue weighted by Gasteiger charge is -2.35. The monoisotopic (exact) mass is 321 g/mol. The average molecular weight is 321 g/mol. The molecule has 0 aromatic rings. The Hall–Kier alpha value is -1.31. The van der Waals surface area contributed by atoms with E-state index in [1.54, 1.807) is 0 Å². The van der Waals surface area contributed by atoms with Gasteiger partial charge in [-0.15, -0.1) is 0 Å². The molecule has 2 amide bonds. The second-order valence-electron chi connectivity index (χ2n) is 6.51. The van der Waals surface area contributed by atoms with Crippen LogP contribution in [0, 0.1) is 11.3 Å². The molecule has 0 spiro atoms. The molecule has 2 aliphatic heterocycles. The van der Waals surface area contributed by atoms with Crippen molar-refractivity contribution in [3.05, 3.63) is 0 Å². The molecule has 2 aliphatic rings. The molecule has 2 atom stereocenters. The number of nitrogens with one attached hydrogen (secondary N) is 3. The fourth-order valence-corrected chi connectivity index (χ4v) is 2.94. The van der Waals surface area contributed by atoms with E-state index in [4.69, 9.17) is 0 Å². The molecular formula is C14H22F3N3O2. The first-order chi connectivity index (χ1) is 10.2. The van der Waals surface area contributed by atoms with Crippen LogP contribution < -0.4 is 16.0 Å². The topological polar surface area (TPSA) is 70.2 Å². The van der Waals surface area contributed by atoms with Crippen molar-refractivity contribution in [1.82, 2.24) is 16.0 Å².